The average Bonchev–Trinajstić information content (AvgIpc) is 3.31. The molecule has 186 valence electrons. The van der Waals surface area contributed by atoms with Gasteiger partial charge in [-0.25, -0.2) is 0 Å². The van der Waals surface area contributed by atoms with Crippen molar-refractivity contribution in [2.24, 2.45) is 17.8 Å². The highest BCUT2D eigenvalue weighted by Gasteiger charge is 2.50. The molecule has 0 aromatic rings. The monoisotopic (exact) mass is 462 g/mol. The number of rotatable bonds is 9. The van der Waals surface area contributed by atoms with Crippen LogP contribution in [0, 0.1) is 17.8 Å². The van der Waals surface area contributed by atoms with Crippen LogP contribution in [0.5, 0.6) is 0 Å². The molecule has 1 saturated carbocycles. The number of allylic oxidation sites excluding steroid dienone is 2. The predicted octanol–water partition coefficient (Wildman–Crippen LogP) is 5.31. The van der Waals surface area contributed by atoms with Crippen molar-refractivity contribution in [1.82, 2.24) is 0 Å². The molecule has 4 fully saturated rings. The lowest BCUT2D eigenvalue weighted by molar-refractivity contribution is -0.194. The smallest absolute Gasteiger partial charge is 0.306 e. The molecule has 8 atom stereocenters. The topological polar surface area (TPSA) is 63.2 Å². The van der Waals surface area contributed by atoms with Crippen LogP contribution >= 0.6 is 0 Å². The molecule has 1 aliphatic carbocycles. The van der Waals surface area contributed by atoms with E-state index in [1.54, 1.807) is 0 Å². The van der Waals surface area contributed by atoms with Gasteiger partial charge in [0, 0.05) is 31.5 Å². The van der Waals surface area contributed by atoms with Gasteiger partial charge in [-0.3, -0.25) is 4.79 Å². The first-order valence-electron chi connectivity index (χ1n) is 13.0. The largest absolute Gasteiger partial charge is 0.462 e. The van der Waals surface area contributed by atoms with Crippen molar-refractivity contribution in [3.8, 4) is 0 Å². The summed E-state index contributed by atoms with van der Waals surface area (Å²) in [6.07, 6.45) is 14.9. The van der Waals surface area contributed by atoms with E-state index in [0.29, 0.717) is 12.3 Å². The molecule has 4 rings (SSSR count). The molecule has 0 aromatic heterocycles. The first-order valence-corrected chi connectivity index (χ1v) is 13.0. The first-order chi connectivity index (χ1) is 16.0. The number of carbonyl (C=O) groups excluding carboxylic acids is 1. The minimum Gasteiger partial charge on any atom is -0.462 e. The van der Waals surface area contributed by atoms with Gasteiger partial charge in [-0.05, 0) is 64.7 Å². The van der Waals surface area contributed by atoms with Gasteiger partial charge < -0.3 is 23.7 Å². The van der Waals surface area contributed by atoms with Gasteiger partial charge >= 0.3 is 5.97 Å². The van der Waals surface area contributed by atoms with Gasteiger partial charge in [0.05, 0.1) is 18.6 Å². The van der Waals surface area contributed by atoms with Crippen molar-refractivity contribution >= 4 is 5.97 Å². The summed E-state index contributed by atoms with van der Waals surface area (Å²) in [7, 11) is 0. The quantitative estimate of drug-likeness (QED) is 0.342. The fourth-order valence-electron chi connectivity index (χ4n) is 5.48. The Morgan fingerprint density at radius 3 is 2.48 bits per heavy atom. The molecular formula is C27H42O6. The molecule has 4 aliphatic rings. The summed E-state index contributed by atoms with van der Waals surface area (Å²) in [5, 5.41) is 0. The normalized spacial score (nSPS) is 36.4. The van der Waals surface area contributed by atoms with Gasteiger partial charge in [-0.15, -0.1) is 0 Å². The molecule has 3 aliphatic heterocycles. The molecule has 6 nitrogen and oxygen atoms in total. The van der Waals surface area contributed by atoms with E-state index in [0.717, 1.165) is 64.6 Å². The summed E-state index contributed by atoms with van der Waals surface area (Å²) in [6, 6.07) is 0. The Morgan fingerprint density at radius 1 is 1.09 bits per heavy atom. The highest BCUT2D eigenvalue weighted by molar-refractivity contribution is 5.72. The Kier molecular flexibility index (Phi) is 9.03. The predicted molar refractivity (Wildman–Crippen MR) is 125 cm³/mol. The second-order valence-corrected chi connectivity index (χ2v) is 10.5. The maximum Gasteiger partial charge on any atom is 0.306 e. The maximum absolute atomic E-state index is 12.0. The van der Waals surface area contributed by atoms with E-state index in [-0.39, 0.29) is 48.7 Å². The summed E-state index contributed by atoms with van der Waals surface area (Å²) in [5.41, 5.74) is 1.32. The van der Waals surface area contributed by atoms with Crippen molar-refractivity contribution in [2.75, 3.05) is 13.2 Å². The fourth-order valence-corrected chi connectivity index (χ4v) is 5.48. The van der Waals surface area contributed by atoms with Crippen LogP contribution in [0.1, 0.15) is 78.6 Å². The Hall–Kier alpha value is -1.21. The second kappa shape index (κ2) is 12.0. The number of ether oxygens (including phenoxy) is 5. The minimum atomic E-state index is -0.145. The summed E-state index contributed by atoms with van der Waals surface area (Å²) in [5.74, 6) is 0.528. The van der Waals surface area contributed by atoms with Crippen molar-refractivity contribution in [3.05, 3.63) is 23.8 Å². The fraction of sp³-hybridized carbons (Fsp3) is 0.815. The van der Waals surface area contributed by atoms with E-state index in [4.69, 9.17) is 23.7 Å². The van der Waals surface area contributed by atoms with Gasteiger partial charge in [-0.1, -0.05) is 30.7 Å². The Bertz CT molecular complexity index is 687. The SMILES string of the molecule is CC(C)=CCC(C)[C@@H](/C=C/[C@@H]1[C@H]2CC(=O)O[C@H]2C[C@H]1OC1CCCCO1)OC1CCCCO1. The van der Waals surface area contributed by atoms with Crippen LogP contribution in [0.2, 0.25) is 0 Å². The molecular weight excluding hydrogens is 420 g/mol. The zero-order valence-electron chi connectivity index (χ0n) is 20.6. The number of fused-ring (bicyclic) bond motifs is 1. The summed E-state index contributed by atoms with van der Waals surface area (Å²) >= 11 is 0. The molecule has 3 heterocycles. The molecule has 0 amide bonds. The van der Waals surface area contributed by atoms with Crippen molar-refractivity contribution in [2.45, 2.75) is 109 Å². The summed E-state index contributed by atoms with van der Waals surface area (Å²) in [6.45, 7) is 8.04. The second-order valence-electron chi connectivity index (χ2n) is 10.5. The molecule has 0 aromatic carbocycles. The third-order valence-corrected chi connectivity index (χ3v) is 7.44. The van der Waals surface area contributed by atoms with E-state index in [1.807, 2.05) is 0 Å². The summed E-state index contributed by atoms with van der Waals surface area (Å²) < 4.78 is 30.2. The van der Waals surface area contributed by atoms with Crippen LogP contribution in [0.25, 0.3) is 0 Å². The number of esters is 1. The average molecular weight is 463 g/mol. The van der Waals surface area contributed by atoms with Gasteiger partial charge in [0.2, 0.25) is 0 Å². The first kappa shape index (κ1) is 24.9. The Balaban J connectivity index is 1.47. The molecule has 0 spiro atoms. The van der Waals surface area contributed by atoms with Gasteiger partial charge in [-0.2, -0.15) is 0 Å². The molecule has 0 bridgehead atoms. The van der Waals surface area contributed by atoms with Crippen LogP contribution in [0.3, 0.4) is 0 Å². The van der Waals surface area contributed by atoms with E-state index in [2.05, 4.69) is 39.0 Å². The third kappa shape index (κ3) is 6.91. The molecule has 3 unspecified atom stereocenters. The van der Waals surface area contributed by atoms with Gasteiger partial charge in [0.1, 0.15) is 6.10 Å². The molecule has 0 radical (unpaired) electrons. The van der Waals surface area contributed by atoms with E-state index < -0.39 is 0 Å². The number of carbonyl (C=O) groups is 1. The van der Waals surface area contributed by atoms with E-state index in [9.17, 15) is 4.79 Å². The van der Waals surface area contributed by atoms with Crippen LogP contribution in [-0.4, -0.2) is 50.1 Å². The van der Waals surface area contributed by atoms with Crippen molar-refractivity contribution < 1.29 is 28.5 Å². The zero-order valence-corrected chi connectivity index (χ0v) is 20.6. The highest BCUT2D eigenvalue weighted by Crippen LogP contribution is 2.44. The standard InChI is InChI=1S/C27H42O6/c1-18(2)10-11-19(3)22(32-26-8-4-6-14-29-26)13-12-20-21-16-25(28)31-24(21)17-23(20)33-27-9-5-7-15-30-27/h10,12-13,19-24,26-27H,4-9,11,14-17H2,1-3H3/b13-12+/t19?,20-,21-,22-,23-,24+,26?,27?/m1/s1. The van der Waals surface area contributed by atoms with Gasteiger partial charge in [0.25, 0.3) is 0 Å². The highest BCUT2D eigenvalue weighted by atomic mass is 16.7. The maximum atomic E-state index is 12.0. The Labute approximate surface area is 199 Å². The molecule has 3 saturated heterocycles. The Morgan fingerprint density at radius 2 is 1.82 bits per heavy atom. The molecule has 6 heteroatoms. The molecule has 33 heavy (non-hydrogen) atoms. The lowest BCUT2D eigenvalue weighted by Gasteiger charge is -2.31. The van der Waals surface area contributed by atoms with Crippen LogP contribution in [0.15, 0.2) is 23.8 Å². The van der Waals surface area contributed by atoms with Crippen LogP contribution in [0.4, 0.5) is 0 Å². The van der Waals surface area contributed by atoms with Crippen LogP contribution in [-0.2, 0) is 28.5 Å². The molecule has 0 N–H and O–H groups in total. The lowest BCUT2D eigenvalue weighted by atomic mass is 9.90. The lowest BCUT2D eigenvalue weighted by Crippen LogP contribution is -2.32. The van der Waals surface area contributed by atoms with Crippen molar-refractivity contribution in [1.29, 1.82) is 0 Å². The number of hydrogen-bond donors (Lipinski definition) is 0. The number of hydrogen-bond acceptors (Lipinski definition) is 6. The minimum absolute atomic E-state index is 0.00659. The zero-order chi connectivity index (χ0) is 23.2. The van der Waals surface area contributed by atoms with E-state index in [1.165, 1.54) is 5.57 Å². The summed E-state index contributed by atoms with van der Waals surface area (Å²) in [4.78, 5) is 12.0. The van der Waals surface area contributed by atoms with Crippen LogP contribution < -0.4 is 0 Å². The van der Waals surface area contributed by atoms with Crippen molar-refractivity contribution in [3.63, 3.8) is 0 Å². The van der Waals surface area contributed by atoms with E-state index >= 15 is 0 Å². The van der Waals surface area contributed by atoms with Gasteiger partial charge in [0.15, 0.2) is 12.6 Å². The third-order valence-electron chi connectivity index (χ3n) is 7.44.